The Bertz CT molecular complexity index is 562. The molecule has 100 valence electrons. The summed E-state index contributed by atoms with van der Waals surface area (Å²) in [6, 6.07) is 7.98. The fraction of sp³-hybridized carbons (Fsp3) is 0.333. The van der Waals surface area contributed by atoms with Gasteiger partial charge in [0.2, 0.25) is 0 Å². The Labute approximate surface area is 113 Å². The van der Waals surface area contributed by atoms with Crippen LogP contribution in [-0.2, 0) is 14.1 Å². The van der Waals surface area contributed by atoms with E-state index in [0.717, 1.165) is 5.69 Å². The molecule has 2 aromatic rings. The van der Waals surface area contributed by atoms with E-state index in [1.54, 1.807) is 9.13 Å². The molecule has 1 N–H and O–H groups in total. The predicted octanol–water partition coefficient (Wildman–Crippen LogP) is 2.23. The summed E-state index contributed by atoms with van der Waals surface area (Å²) < 4.78 is 3.61. The lowest BCUT2D eigenvalue weighted by molar-refractivity contribution is -0.672. The second-order valence-electron chi connectivity index (χ2n) is 5.07. The van der Waals surface area contributed by atoms with E-state index in [0.29, 0.717) is 11.7 Å². The zero-order valence-corrected chi connectivity index (χ0v) is 11.8. The normalized spacial score (nSPS) is 10.8. The predicted molar refractivity (Wildman–Crippen MR) is 75.1 cm³/mol. The SMILES string of the molecule is CC(C)c1ccc(NC(=O)c2n(C)cc[n+]2C)cc1. The lowest BCUT2D eigenvalue weighted by atomic mass is 10.0. The Hall–Kier alpha value is -2.10. The fourth-order valence-electron chi connectivity index (χ4n) is 2.05. The second kappa shape index (κ2) is 5.26. The van der Waals surface area contributed by atoms with E-state index in [1.165, 1.54) is 5.56 Å². The number of amides is 1. The molecule has 0 aliphatic rings. The molecular weight excluding hydrogens is 238 g/mol. The van der Waals surface area contributed by atoms with Gasteiger partial charge < -0.3 is 5.32 Å². The number of hydrogen-bond acceptors (Lipinski definition) is 1. The van der Waals surface area contributed by atoms with Crippen LogP contribution < -0.4 is 9.88 Å². The van der Waals surface area contributed by atoms with Crippen LogP contribution in [0.5, 0.6) is 0 Å². The van der Waals surface area contributed by atoms with Gasteiger partial charge >= 0.3 is 11.7 Å². The summed E-state index contributed by atoms with van der Waals surface area (Å²) in [5, 5.41) is 2.91. The highest BCUT2D eigenvalue weighted by molar-refractivity contribution is 6.00. The number of rotatable bonds is 3. The van der Waals surface area contributed by atoms with Gasteiger partial charge in [-0.3, -0.25) is 4.79 Å². The molecule has 2 rings (SSSR count). The summed E-state index contributed by atoms with van der Waals surface area (Å²) in [6.07, 6.45) is 3.72. The van der Waals surface area contributed by atoms with Gasteiger partial charge in [0, 0.05) is 5.69 Å². The Morgan fingerprint density at radius 3 is 2.37 bits per heavy atom. The minimum atomic E-state index is -0.104. The van der Waals surface area contributed by atoms with Crippen molar-refractivity contribution in [2.24, 2.45) is 14.1 Å². The minimum Gasteiger partial charge on any atom is -0.315 e. The number of hydrogen-bond donors (Lipinski definition) is 1. The van der Waals surface area contributed by atoms with Gasteiger partial charge in [0.15, 0.2) is 0 Å². The van der Waals surface area contributed by atoms with Crippen LogP contribution in [0.4, 0.5) is 5.69 Å². The standard InChI is InChI=1S/C15H19N3O/c1-11(2)12-5-7-13(8-6-12)16-14(19)15-17(3)9-10-18(15)4/h5-11H,1-4H3/p+1. The van der Waals surface area contributed by atoms with E-state index in [9.17, 15) is 4.79 Å². The van der Waals surface area contributed by atoms with E-state index in [4.69, 9.17) is 0 Å². The Morgan fingerprint density at radius 2 is 1.89 bits per heavy atom. The summed E-state index contributed by atoms with van der Waals surface area (Å²) in [4.78, 5) is 12.2. The van der Waals surface area contributed by atoms with Crippen molar-refractivity contribution in [3.05, 3.63) is 48.0 Å². The number of nitrogens with one attached hydrogen (secondary N) is 1. The number of nitrogens with zero attached hydrogens (tertiary/aromatic N) is 2. The number of benzene rings is 1. The number of carbonyl (C=O) groups is 1. The smallest absolute Gasteiger partial charge is 0.315 e. The van der Waals surface area contributed by atoms with Gasteiger partial charge in [-0.15, -0.1) is 0 Å². The minimum absolute atomic E-state index is 0.104. The summed E-state index contributed by atoms with van der Waals surface area (Å²) >= 11 is 0. The quantitative estimate of drug-likeness (QED) is 0.842. The Balaban J connectivity index is 2.15. The molecule has 0 bridgehead atoms. The summed E-state index contributed by atoms with van der Waals surface area (Å²) in [7, 11) is 3.72. The molecule has 0 aliphatic heterocycles. The molecule has 19 heavy (non-hydrogen) atoms. The summed E-state index contributed by atoms with van der Waals surface area (Å²) in [5.74, 6) is 1.01. The molecule has 0 aliphatic carbocycles. The molecule has 0 fully saturated rings. The molecule has 1 amide bonds. The molecule has 1 aromatic carbocycles. The van der Waals surface area contributed by atoms with Gasteiger partial charge in [0.05, 0.1) is 14.1 Å². The van der Waals surface area contributed by atoms with Crippen molar-refractivity contribution in [1.29, 1.82) is 0 Å². The number of carbonyl (C=O) groups excluding carboxylic acids is 1. The molecule has 1 heterocycles. The van der Waals surface area contributed by atoms with Crippen LogP contribution in [0.1, 0.15) is 35.9 Å². The molecule has 0 spiro atoms. The van der Waals surface area contributed by atoms with E-state index in [2.05, 4.69) is 19.2 Å². The molecule has 0 saturated heterocycles. The lowest BCUT2D eigenvalue weighted by Gasteiger charge is -2.07. The van der Waals surface area contributed by atoms with Crippen molar-refractivity contribution in [2.45, 2.75) is 19.8 Å². The van der Waals surface area contributed by atoms with Gasteiger partial charge in [-0.2, -0.15) is 0 Å². The van der Waals surface area contributed by atoms with Gasteiger partial charge in [0.1, 0.15) is 12.4 Å². The first-order valence-electron chi connectivity index (χ1n) is 6.41. The van der Waals surface area contributed by atoms with Crippen molar-refractivity contribution in [2.75, 3.05) is 5.32 Å². The molecule has 0 saturated carbocycles. The first kappa shape index (κ1) is 13.3. The Kier molecular flexibility index (Phi) is 3.69. The summed E-state index contributed by atoms with van der Waals surface area (Å²) in [6.45, 7) is 4.30. The van der Waals surface area contributed by atoms with E-state index in [-0.39, 0.29) is 5.91 Å². The maximum Gasteiger partial charge on any atom is 0.347 e. The lowest BCUT2D eigenvalue weighted by Crippen LogP contribution is -2.37. The molecule has 4 heteroatoms. The third kappa shape index (κ3) is 2.84. The van der Waals surface area contributed by atoms with Crippen LogP contribution in [-0.4, -0.2) is 10.5 Å². The number of aryl methyl sites for hydroxylation is 2. The summed E-state index contributed by atoms with van der Waals surface area (Å²) in [5.41, 5.74) is 2.08. The van der Waals surface area contributed by atoms with Gasteiger partial charge in [-0.25, -0.2) is 9.13 Å². The van der Waals surface area contributed by atoms with Crippen molar-refractivity contribution in [1.82, 2.24) is 4.57 Å². The first-order valence-corrected chi connectivity index (χ1v) is 6.41. The van der Waals surface area contributed by atoms with Crippen molar-refractivity contribution < 1.29 is 9.36 Å². The van der Waals surface area contributed by atoms with Gasteiger partial charge in [0.25, 0.3) is 0 Å². The Morgan fingerprint density at radius 1 is 1.26 bits per heavy atom. The highest BCUT2D eigenvalue weighted by Gasteiger charge is 2.21. The highest BCUT2D eigenvalue weighted by Crippen LogP contribution is 2.17. The van der Waals surface area contributed by atoms with Crippen molar-refractivity contribution >= 4 is 11.6 Å². The molecule has 1 aromatic heterocycles. The van der Waals surface area contributed by atoms with Crippen molar-refractivity contribution in [3.8, 4) is 0 Å². The molecule has 0 atom stereocenters. The largest absolute Gasteiger partial charge is 0.347 e. The molecular formula is C15H20N3O+. The monoisotopic (exact) mass is 258 g/mol. The van der Waals surface area contributed by atoms with Crippen LogP contribution in [0.3, 0.4) is 0 Å². The fourth-order valence-corrected chi connectivity index (χ4v) is 2.05. The topological polar surface area (TPSA) is 37.9 Å². The third-order valence-electron chi connectivity index (χ3n) is 3.22. The zero-order valence-electron chi connectivity index (χ0n) is 11.8. The molecule has 4 nitrogen and oxygen atoms in total. The van der Waals surface area contributed by atoms with E-state index >= 15 is 0 Å². The van der Waals surface area contributed by atoms with Crippen LogP contribution in [0.2, 0.25) is 0 Å². The number of aromatic nitrogens is 2. The average molecular weight is 258 g/mol. The van der Waals surface area contributed by atoms with E-state index in [1.807, 2.05) is 50.8 Å². The second-order valence-corrected chi connectivity index (χ2v) is 5.07. The molecule has 0 radical (unpaired) electrons. The third-order valence-corrected chi connectivity index (χ3v) is 3.22. The average Bonchev–Trinajstić information content (AvgIpc) is 2.69. The van der Waals surface area contributed by atoms with Crippen LogP contribution in [0.25, 0.3) is 0 Å². The van der Waals surface area contributed by atoms with Gasteiger partial charge in [-0.05, 0) is 23.6 Å². The maximum atomic E-state index is 12.2. The first-order chi connectivity index (χ1) is 8.99. The molecule has 0 unspecified atom stereocenters. The number of anilines is 1. The van der Waals surface area contributed by atoms with Gasteiger partial charge in [-0.1, -0.05) is 26.0 Å². The van der Waals surface area contributed by atoms with Crippen LogP contribution >= 0.6 is 0 Å². The van der Waals surface area contributed by atoms with Crippen molar-refractivity contribution in [3.63, 3.8) is 0 Å². The van der Waals surface area contributed by atoms with Crippen LogP contribution in [0, 0.1) is 0 Å². The maximum absolute atomic E-state index is 12.2. The van der Waals surface area contributed by atoms with E-state index < -0.39 is 0 Å². The van der Waals surface area contributed by atoms with Crippen LogP contribution in [0.15, 0.2) is 36.7 Å². The highest BCUT2D eigenvalue weighted by atomic mass is 16.2. The number of imidazole rings is 1. The zero-order chi connectivity index (χ0) is 14.0.